The van der Waals surface area contributed by atoms with Crippen molar-refractivity contribution < 1.29 is 17.6 Å². The summed E-state index contributed by atoms with van der Waals surface area (Å²) in [5, 5.41) is 0. The summed E-state index contributed by atoms with van der Waals surface area (Å²) in [7, 11) is -3.96. The Morgan fingerprint density at radius 1 is 0.909 bits per heavy atom. The van der Waals surface area contributed by atoms with Crippen molar-refractivity contribution >= 4 is 43.2 Å². The fourth-order valence-electron chi connectivity index (χ4n) is 3.79. The molecule has 3 aromatic rings. The van der Waals surface area contributed by atoms with Crippen LogP contribution in [0.3, 0.4) is 0 Å². The highest BCUT2D eigenvalue weighted by Gasteiger charge is 2.30. The van der Waals surface area contributed by atoms with Gasteiger partial charge < -0.3 is 9.80 Å². The van der Waals surface area contributed by atoms with E-state index in [4.69, 9.17) is 0 Å². The smallest absolute Gasteiger partial charge is 0.264 e. The molecule has 0 aliphatic carbocycles. The van der Waals surface area contributed by atoms with Crippen LogP contribution in [0.15, 0.2) is 88.2 Å². The number of hydrogen-bond acceptors (Lipinski definition) is 4. The van der Waals surface area contributed by atoms with E-state index in [1.165, 1.54) is 18.2 Å². The second-order valence-electron chi connectivity index (χ2n) is 7.62. The Balaban J connectivity index is 1.53. The molecule has 9 heteroatoms. The quantitative estimate of drug-likeness (QED) is 0.479. The van der Waals surface area contributed by atoms with Crippen LogP contribution in [0.5, 0.6) is 0 Å². The lowest BCUT2D eigenvalue weighted by atomic mass is 10.2. The third-order valence-corrected chi connectivity index (χ3v) is 7.81. The van der Waals surface area contributed by atoms with E-state index < -0.39 is 10.0 Å². The fraction of sp³-hybridized carbons (Fsp3) is 0.208. The predicted octanol–water partition coefficient (Wildman–Crippen LogP) is 4.13. The molecule has 0 radical (unpaired) electrons. The van der Waals surface area contributed by atoms with Crippen LogP contribution in [0, 0.1) is 5.82 Å². The lowest BCUT2D eigenvalue weighted by Gasteiger charge is -2.37. The third kappa shape index (κ3) is 5.20. The van der Waals surface area contributed by atoms with Gasteiger partial charge in [-0.25, -0.2) is 12.8 Å². The molecule has 0 bridgehead atoms. The zero-order valence-electron chi connectivity index (χ0n) is 17.8. The Morgan fingerprint density at radius 2 is 1.58 bits per heavy atom. The van der Waals surface area contributed by atoms with Crippen molar-refractivity contribution in [2.45, 2.75) is 4.90 Å². The van der Waals surface area contributed by atoms with Gasteiger partial charge in [0.2, 0.25) is 5.91 Å². The third-order valence-electron chi connectivity index (χ3n) is 5.53. The van der Waals surface area contributed by atoms with Gasteiger partial charge in [0, 0.05) is 30.7 Å². The zero-order valence-corrected chi connectivity index (χ0v) is 20.2. The second-order valence-corrected chi connectivity index (χ2v) is 10.4. The average Bonchev–Trinajstić information content (AvgIpc) is 2.83. The molecule has 0 spiro atoms. The lowest BCUT2D eigenvalue weighted by molar-refractivity contribution is -0.129. The SMILES string of the molecule is O=C(CN(c1cccc(Br)c1)S(=O)(=O)c1ccccc1)N1CCN(c2ccccc2F)CC1. The van der Waals surface area contributed by atoms with E-state index in [0.717, 1.165) is 4.31 Å². The van der Waals surface area contributed by atoms with Crippen molar-refractivity contribution in [2.75, 3.05) is 41.9 Å². The minimum Gasteiger partial charge on any atom is -0.366 e. The molecular weight excluding hydrogens is 509 g/mol. The number of piperazine rings is 1. The Bertz CT molecular complexity index is 1230. The van der Waals surface area contributed by atoms with Gasteiger partial charge >= 0.3 is 0 Å². The van der Waals surface area contributed by atoms with Crippen molar-refractivity contribution in [2.24, 2.45) is 0 Å². The number of para-hydroxylation sites is 1. The monoisotopic (exact) mass is 531 g/mol. The Hall–Kier alpha value is -2.91. The van der Waals surface area contributed by atoms with Crippen LogP contribution in [0.1, 0.15) is 0 Å². The van der Waals surface area contributed by atoms with E-state index in [1.54, 1.807) is 65.6 Å². The number of amides is 1. The first kappa shape index (κ1) is 23.3. The van der Waals surface area contributed by atoms with Crippen LogP contribution in [-0.4, -0.2) is 51.9 Å². The lowest BCUT2D eigenvalue weighted by Crippen LogP contribution is -2.52. The van der Waals surface area contributed by atoms with Crippen LogP contribution in [0.2, 0.25) is 0 Å². The summed E-state index contributed by atoms with van der Waals surface area (Å²) in [6, 6.07) is 21.5. The molecule has 0 atom stereocenters. The van der Waals surface area contributed by atoms with Crippen LogP contribution in [0.4, 0.5) is 15.8 Å². The van der Waals surface area contributed by atoms with Gasteiger partial charge in [-0.15, -0.1) is 0 Å². The van der Waals surface area contributed by atoms with E-state index in [0.29, 0.717) is 42.0 Å². The molecule has 3 aromatic carbocycles. The van der Waals surface area contributed by atoms with Crippen molar-refractivity contribution in [3.63, 3.8) is 0 Å². The van der Waals surface area contributed by atoms with Gasteiger partial charge in [-0.05, 0) is 42.5 Å². The predicted molar refractivity (Wildman–Crippen MR) is 130 cm³/mol. The maximum Gasteiger partial charge on any atom is 0.264 e. The van der Waals surface area contributed by atoms with E-state index in [1.807, 2.05) is 4.90 Å². The number of nitrogens with zero attached hydrogens (tertiary/aromatic N) is 3. The van der Waals surface area contributed by atoms with Crippen LogP contribution < -0.4 is 9.21 Å². The van der Waals surface area contributed by atoms with Crippen molar-refractivity contribution in [1.29, 1.82) is 0 Å². The first-order valence-electron chi connectivity index (χ1n) is 10.5. The molecule has 0 unspecified atom stereocenters. The van der Waals surface area contributed by atoms with Crippen LogP contribution >= 0.6 is 15.9 Å². The molecule has 0 aromatic heterocycles. The summed E-state index contributed by atoms with van der Waals surface area (Å²) < 4.78 is 42.8. The Morgan fingerprint density at radius 3 is 2.24 bits per heavy atom. The van der Waals surface area contributed by atoms with E-state index in [9.17, 15) is 17.6 Å². The number of halogens is 2. The molecule has 4 rings (SSSR count). The molecule has 1 aliphatic heterocycles. The number of sulfonamides is 1. The molecule has 0 saturated carbocycles. The summed E-state index contributed by atoms with van der Waals surface area (Å²) in [6.45, 7) is 1.37. The molecule has 1 saturated heterocycles. The van der Waals surface area contributed by atoms with Crippen LogP contribution in [-0.2, 0) is 14.8 Å². The van der Waals surface area contributed by atoms with Gasteiger partial charge in [-0.3, -0.25) is 9.10 Å². The summed E-state index contributed by atoms with van der Waals surface area (Å²) in [5.41, 5.74) is 0.901. The van der Waals surface area contributed by atoms with Gasteiger partial charge in [0.15, 0.2) is 0 Å². The number of benzene rings is 3. The Labute approximate surface area is 201 Å². The minimum atomic E-state index is -3.96. The van der Waals surface area contributed by atoms with Crippen molar-refractivity contribution in [3.8, 4) is 0 Å². The topological polar surface area (TPSA) is 60.9 Å². The van der Waals surface area contributed by atoms with Gasteiger partial charge in [0.1, 0.15) is 12.4 Å². The van der Waals surface area contributed by atoms with E-state index in [-0.39, 0.29) is 23.2 Å². The van der Waals surface area contributed by atoms with Gasteiger partial charge in [0.25, 0.3) is 10.0 Å². The number of carbonyl (C=O) groups is 1. The average molecular weight is 532 g/mol. The summed E-state index contributed by atoms with van der Waals surface area (Å²) >= 11 is 3.38. The highest BCUT2D eigenvalue weighted by molar-refractivity contribution is 9.10. The molecule has 33 heavy (non-hydrogen) atoms. The van der Waals surface area contributed by atoms with E-state index >= 15 is 0 Å². The summed E-state index contributed by atoms with van der Waals surface area (Å²) in [5.74, 6) is -0.602. The maximum atomic E-state index is 14.1. The number of carbonyl (C=O) groups excluding carboxylic acids is 1. The number of anilines is 2. The molecule has 1 amide bonds. The molecule has 1 heterocycles. The molecule has 172 valence electrons. The fourth-order valence-corrected chi connectivity index (χ4v) is 5.61. The summed E-state index contributed by atoms with van der Waals surface area (Å²) in [6.07, 6.45) is 0. The molecule has 6 nitrogen and oxygen atoms in total. The Kier molecular flexibility index (Phi) is 6.99. The van der Waals surface area contributed by atoms with Gasteiger partial charge in [-0.1, -0.05) is 52.3 Å². The molecule has 1 fully saturated rings. The van der Waals surface area contributed by atoms with Gasteiger partial charge in [0.05, 0.1) is 16.3 Å². The first-order chi connectivity index (χ1) is 15.9. The largest absolute Gasteiger partial charge is 0.366 e. The highest BCUT2D eigenvalue weighted by atomic mass is 79.9. The molecule has 1 aliphatic rings. The van der Waals surface area contributed by atoms with Crippen molar-refractivity contribution in [3.05, 3.63) is 89.2 Å². The number of rotatable bonds is 6. The van der Waals surface area contributed by atoms with Crippen molar-refractivity contribution in [1.82, 2.24) is 4.90 Å². The normalized spacial score (nSPS) is 14.2. The van der Waals surface area contributed by atoms with Gasteiger partial charge in [-0.2, -0.15) is 0 Å². The zero-order chi connectivity index (χ0) is 23.4. The molecule has 0 N–H and O–H groups in total. The van der Waals surface area contributed by atoms with Crippen LogP contribution in [0.25, 0.3) is 0 Å². The molecular formula is C24H23BrFN3O3S. The second kappa shape index (κ2) is 9.93. The highest BCUT2D eigenvalue weighted by Crippen LogP contribution is 2.27. The maximum absolute atomic E-state index is 14.1. The summed E-state index contributed by atoms with van der Waals surface area (Å²) in [4.78, 5) is 16.8. The minimum absolute atomic E-state index is 0.113. The van der Waals surface area contributed by atoms with E-state index in [2.05, 4.69) is 15.9 Å². The number of hydrogen-bond donors (Lipinski definition) is 0. The first-order valence-corrected chi connectivity index (χ1v) is 12.7. The standard InChI is InChI=1S/C24H23BrFN3O3S/c25-19-7-6-8-20(17-19)29(33(31,32)21-9-2-1-3-10-21)18-24(30)28-15-13-27(14-16-28)23-12-5-4-11-22(23)26/h1-12,17H,13-16,18H2.